The van der Waals surface area contributed by atoms with Crippen LogP contribution < -0.4 is 10.2 Å². The summed E-state index contributed by atoms with van der Waals surface area (Å²) in [6.45, 7) is 2.13. The highest BCUT2D eigenvalue weighted by Gasteiger charge is 2.33. The van der Waals surface area contributed by atoms with Crippen molar-refractivity contribution in [1.29, 1.82) is 0 Å². The Labute approximate surface area is 129 Å². The third kappa shape index (κ3) is 2.06. The molecule has 1 aliphatic heterocycles. The summed E-state index contributed by atoms with van der Waals surface area (Å²) in [6, 6.07) is 11.7. The highest BCUT2D eigenvalue weighted by Crippen LogP contribution is 2.37. The molecule has 22 heavy (non-hydrogen) atoms. The van der Waals surface area contributed by atoms with Crippen LogP contribution in [0.1, 0.15) is 30.1 Å². The molecule has 1 aliphatic carbocycles. The van der Waals surface area contributed by atoms with Gasteiger partial charge in [0.1, 0.15) is 6.54 Å². The first-order valence-electron chi connectivity index (χ1n) is 7.78. The summed E-state index contributed by atoms with van der Waals surface area (Å²) in [5.74, 6) is 0.442. The average molecular weight is 294 g/mol. The Kier molecular flexibility index (Phi) is 2.93. The minimum absolute atomic E-state index is 0.0824. The Morgan fingerprint density at radius 1 is 1.27 bits per heavy atom. The average Bonchev–Trinajstić information content (AvgIpc) is 3.32. The van der Waals surface area contributed by atoms with Gasteiger partial charge in [0, 0.05) is 17.0 Å². The fourth-order valence-corrected chi connectivity index (χ4v) is 3.29. The standard InChI is InChI=1S/C18H18N2O2/c1-11(12-8-9-12)19-16(21)10-20-15-7-3-5-13-4-2-6-14(17(13)15)18(20)22/h2-7,11-12H,8-10H2,1H3,(H,19,21)/t11-/m1/s1. The second-order valence-corrected chi connectivity index (χ2v) is 6.27. The van der Waals surface area contributed by atoms with E-state index in [1.54, 1.807) is 4.90 Å². The van der Waals surface area contributed by atoms with Gasteiger partial charge in [0.2, 0.25) is 5.91 Å². The van der Waals surface area contributed by atoms with Crippen molar-refractivity contribution in [2.75, 3.05) is 11.4 Å². The van der Waals surface area contributed by atoms with Crippen molar-refractivity contribution in [3.8, 4) is 0 Å². The molecule has 0 bridgehead atoms. The van der Waals surface area contributed by atoms with Crippen LogP contribution in [-0.4, -0.2) is 24.4 Å². The number of anilines is 1. The second kappa shape index (κ2) is 4.83. The van der Waals surface area contributed by atoms with Crippen molar-refractivity contribution in [2.45, 2.75) is 25.8 Å². The van der Waals surface area contributed by atoms with Gasteiger partial charge in [0.15, 0.2) is 0 Å². The minimum atomic E-state index is -0.0856. The molecule has 2 amide bonds. The van der Waals surface area contributed by atoms with Crippen LogP contribution in [-0.2, 0) is 4.79 Å². The van der Waals surface area contributed by atoms with E-state index in [0.29, 0.717) is 11.5 Å². The van der Waals surface area contributed by atoms with Gasteiger partial charge in [-0.1, -0.05) is 24.3 Å². The summed E-state index contributed by atoms with van der Waals surface area (Å²) in [7, 11) is 0. The zero-order chi connectivity index (χ0) is 15.3. The summed E-state index contributed by atoms with van der Waals surface area (Å²) >= 11 is 0. The van der Waals surface area contributed by atoms with Crippen LogP contribution in [0.3, 0.4) is 0 Å². The van der Waals surface area contributed by atoms with E-state index in [-0.39, 0.29) is 24.4 Å². The number of hydrogen-bond donors (Lipinski definition) is 1. The summed E-state index contributed by atoms with van der Waals surface area (Å²) in [5, 5.41) is 5.01. The molecule has 0 spiro atoms. The lowest BCUT2D eigenvalue weighted by atomic mass is 10.1. The van der Waals surface area contributed by atoms with Gasteiger partial charge in [-0.15, -0.1) is 0 Å². The first-order chi connectivity index (χ1) is 10.6. The topological polar surface area (TPSA) is 49.4 Å². The molecule has 2 aromatic carbocycles. The number of hydrogen-bond acceptors (Lipinski definition) is 2. The van der Waals surface area contributed by atoms with E-state index in [4.69, 9.17) is 0 Å². The highest BCUT2D eigenvalue weighted by molar-refractivity contribution is 6.26. The van der Waals surface area contributed by atoms with Crippen LogP contribution in [0.4, 0.5) is 5.69 Å². The van der Waals surface area contributed by atoms with Gasteiger partial charge >= 0.3 is 0 Å². The Balaban J connectivity index is 1.60. The molecule has 2 aliphatic rings. The minimum Gasteiger partial charge on any atom is -0.352 e. The van der Waals surface area contributed by atoms with Gasteiger partial charge in [0.05, 0.1) is 5.69 Å². The van der Waals surface area contributed by atoms with Crippen LogP contribution >= 0.6 is 0 Å². The molecule has 0 unspecified atom stereocenters. The molecule has 1 saturated carbocycles. The maximum atomic E-state index is 12.6. The molecule has 1 N–H and O–H groups in total. The maximum Gasteiger partial charge on any atom is 0.259 e. The van der Waals surface area contributed by atoms with Gasteiger partial charge in [-0.2, -0.15) is 0 Å². The van der Waals surface area contributed by atoms with E-state index in [0.717, 1.165) is 16.5 Å². The maximum absolute atomic E-state index is 12.6. The van der Waals surface area contributed by atoms with E-state index in [2.05, 4.69) is 5.32 Å². The molecule has 2 aromatic rings. The molecule has 4 heteroatoms. The van der Waals surface area contributed by atoms with Gasteiger partial charge in [-0.3, -0.25) is 14.5 Å². The Hall–Kier alpha value is -2.36. The van der Waals surface area contributed by atoms with Crippen LogP contribution in [0.15, 0.2) is 36.4 Å². The zero-order valence-corrected chi connectivity index (χ0v) is 12.5. The predicted molar refractivity (Wildman–Crippen MR) is 86.0 cm³/mol. The summed E-state index contributed by atoms with van der Waals surface area (Å²) in [4.78, 5) is 26.4. The second-order valence-electron chi connectivity index (χ2n) is 6.27. The number of rotatable bonds is 4. The van der Waals surface area contributed by atoms with E-state index in [1.165, 1.54) is 12.8 Å². The molecule has 4 rings (SSSR count). The van der Waals surface area contributed by atoms with Crippen molar-refractivity contribution in [3.63, 3.8) is 0 Å². The quantitative estimate of drug-likeness (QED) is 0.942. The molecule has 1 fully saturated rings. The molecule has 0 aromatic heterocycles. The van der Waals surface area contributed by atoms with Crippen LogP contribution in [0, 0.1) is 5.92 Å². The number of carbonyl (C=O) groups excluding carboxylic acids is 2. The van der Waals surface area contributed by atoms with E-state index >= 15 is 0 Å². The Morgan fingerprint density at radius 2 is 2.00 bits per heavy atom. The molecular formula is C18H18N2O2. The molecule has 0 saturated heterocycles. The number of nitrogens with zero attached hydrogens (tertiary/aromatic N) is 1. The summed E-state index contributed by atoms with van der Waals surface area (Å²) in [5.41, 5.74) is 1.53. The monoisotopic (exact) mass is 294 g/mol. The summed E-state index contributed by atoms with van der Waals surface area (Å²) in [6.07, 6.45) is 2.38. The van der Waals surface area contributed by atoms with Crippen molar-refractivity contribution in [2.24, 2.45) is 5.92 Å². The van der Waals surface area contributed by atoms with Crippen molar-refractivity contribution < 1.29 is 9.59 Å². The highest BCUT2D eigenvalue weighted by atomic mass is 16.2. The number of benzene rings is 2. The number of amides is 2. The molecule has 1 atom stereocenters. The Bertz CT molecular complexity index is 775. The van der Waals surface area contributed by atoms with Crippen molar-refractivity contribution in [3.05, 3.63) is 42.0 Å². The van der Waals surface area contributed by atoms with Crippen LogP contribution in [0.2, 0.25) is 0 Å². The first-order valence-corrected chi connectivity index (χ1v) is 7.78. The first kappa shape index (κ1) is 13.3. The van der Waals surface area contributed by atoms with Crippen molar-refractivity contribution >= 4 is 28.3 Å². The fourth-order valence-electron chi connectivity index (χ4n) is 3.29. The predicted octanol–water partition coefficient (Wildman–Crippen LogP) is 2.71. The number of nitrogens with one attached hydrogen (secondary N) is 1. The van der Waals surface area contributed by atoms with Gasteiger partial charge in [0.25, 0.3) is 5.91 Å². The molecule has 112 valence electrons. The third-order valence-electron chi connectivity index (χ3n) is 4.67. The Morgan fingerprint density at radius 3 is 2.73 bits per heavy atom. The molecular weight excluding hydrogens is 276 g/mol. The van der Waals surface area contributed by atoms with Crippen LogP contribution in [0.25, 0.3) is 10.8 Å². The molecule has 0 radical (unpaired) electrons. The van der Waals surface area contributed by atoms with E-state index in [9.17, 15) is 9.59 Å². The SMILES string of the molecule is C[C@@H](NC(=O)CN1C(=O)c2cccc3cccc1c23)C1CC1. The largest absolute Gasteiger partial charge is 0.352 e. The fraction of sp³-hybridized carbons (Fsp3) is 0.333. The van der Waals surface area contributed by atoms with Gasteiger partial charge in [-0.05, 0) is 43.2 Å². The third-order valence-corrected chi connectivity index (χ3v) is 4.67. The lowest BCUT2D eigenvalue weighted by molar-refractivity contribution is -0.120. The van der Waals surface area contributed by atoms with E-state index < -0.39 is 0 Å². The van der Waals surface area contributed by atoms with Gasteiger partial charge in [-0.25, -0.2) is 0 Å². The smallest absolute Gasteiger partial charge is 0.259 e. The van der Waals surface area contributed by atoms with E-state index in [1.807, 2.05) is 43.3 Å². The van der Waals surface area contributed by atoms with Crippen LogP contribution in [0.5, 0.6) is 0 Å². The summed E-state index contributed by atoms with van der Waals surface area (Å²) < 4.78 is 0. The van der Waals surface area contributed by atoms with Crippen molar-refractivity contribution in [1.82, 2.24) is 5.32 Å². The van der Waals surface area contributed by atoms with Gasteiger partial charge < -0.3 is 5.32 Å². The lowest BCUT2D eigenvalue weighted by Gasteiger charge is -2.19. The number of carbonyl (C=O) groups is 2. The normalized spacial score (nSPS) is 17.9. The zero-order valence-electron chi connectivity index (χ0n) is 12.5. The molecule has 1 heterocycles. The molecule has 4 nitrogen and oxygen atoms in total. The lowest BCUT2D eigenvalue weighted by Crippen LogP contribution is -2.43.